The van der Waals surface area contributed by atoms with Crippen LogP contribution >= 0.6 is 0 Å². The predicted octanol–water partition coefficient (Wildman–Crippen LogP) is -14.6. The predicted molar refractivity (Wildman–Crippen MR) is 240 cm³/mol. The molecule has 6 aliphatic heterocycles. The van der Waals surface area contributed by atoms with Gasteiger partial charge in [-0.05, 0) is 0 Å². The van der Waals surface area contributed by atoms with E-state index in [0.717, 1.165) is 13.8 Å². The van der Waals surface area contributed by atoms with Gasteiger partial charge in [-0.3, -0.25) is 9.59 Å². The molecular formula is C43H72N2O34. The Balaban J connectivity index is 1.25. The maximum absolute atomic E-state index is 13.1. The van der Waals surface area contributed by atoms with E-state index in [1.54, 1.807) is 0 Å². The molecule has 11 unspecified atom stereocenters. The van der Waals surface area contributed by atoms with E-state index in [-0.39, 0.29) is 0 Å². The molecule has 31 atom stereocenters. The summed E-state index contributed by atoms with van der Waals surface area (Å²) < 4.78 is 62.2. The monoisotopic (exact) mass is 1160 g/mol. The standard InChI is InChI=1S/C43H72N2O34/c1-10(52)44-19-12(54)3-43(42(67)68,78-34(19)21(56)13(55)4-46)79-36-24(59)16(7-49)72-41(30(36)65)76-33-20(45-11(2)53)38(70-14(5-47)22(33)57)77-35-23(58)15(6-48)71-40(29(35)64)75-32-18(9-51)73-39(28(63)26(32)61)74-31-17(8-50)69-37(66)27(62)25(31)60/h12-41,46-51,54-66H,3-9H2,1-2H3,(H,44,52)(H,45,53)(H,67,68)/t12-,13-,14?,15?,16?,17+,18?,19-,20?,21-,22-,23+,24+,25?,26-,27?,28?,29?,30?,31-,32+,33-,34?,35+,36+,37-,38+,39+,40-,41+,43+/m1/s1. The summed E-state index contributed by atoms with van der Waals surface area (Å²) in [6.45, 7) is -4.53. The van der Waals surface area contributed by atoms with Crippen molar-refractivity contribution in [3.63, 3.8) is 0 Å². The highest BCUT2D eigenvalue weighted by Gasteiger charge is 2.61. The second-order valence-electron chi connectivity index (χ2n) is 19.7. The number of aliphatic carboxylic acids is 1. The van der Waals surface area contributed by atoms with Gasteiger partial charge in [-0.15, -0.1) is 0 Å². The Bertz CT molecular complexity index is 1970. The molecule has 6 rings (SSSR count). The molecule has 6 fully saturated rings. The van der Waals surface area contributed by atoms with Gasteiger partial charge in [0, 0.05) is 20.3 Å². The molecule has 79 heavy (non-hydrogen) atoms. The van der Waals surface area contributed by atoms with Gasteiger partial charge in [0.25, 0.3) is 5.79 Å². The van der Waals surface area contributed by atoms with Gasteiger partial charge >= 0.3 is 5.97 Å². The zero-order valence-electron chi connectivity index (χ0n) is 41.9. The minimum atomic E-state index is -3.23. The van der Waals surface area contributed by atoms with Crippen LogP contribution in [0.2, 0.25) is 0 Å². The van der Waals surface area contributed by atoms with Crippen molar-refractivity contribution >= 4 is 17.8 Å². The largest absolute Gasteiger partial charge is 0.477 e. The van der Waals surface area contributed by atoms with Crippen LogP contribution in [0, 0.1) is 0 Å². The highest BCUT2D eigenvalue weighted by molar-refractivity contribution is 5.76. The zero-order chi connectivity index (χ0) is 58.7. The van der Waals surface area contributed by atoms with Crippen molar-refractivity contribution in [3.8, 4) is 0 Å². The van der Waals surface area contributed by atoms with Crippen molar-refractivity contribution in [2.75, 3.05) is 39.6 Å². The molecule has 22 N–H and O–H groups in total. The van der Waals surface area contributed by atoms with Crippen LogP contribution in [0.3, 0.4) is 0 Å². The minimum Gasteiger partial charge on any atom is -0.477 e. The van der Waals surface area contributed by atoms with E-state index in [1.807, 2.05) is 0 Å². The second kappa shape index (κ2) is 27.7. The third-order valence-electron chi connectivity index (χ3n) is 14.2. The molecular weight excluding hydrogens is 1090 g/mol. The molecule has 0 aromatic rings. The van der Waals surface area contributed by atoms with E-state index >= 15 is 0 Å². The smallest absolute Gasteiger partial charge is 0.364 e. The molecule has 6 aliphatic rings. The van der Waals surface area contributed by atoms with Gasteiger partial charge in [-0.1, -0.05) is 0 Å². The lowest BCUT2D eigenvalue weighted by molar-refractivity contribution is -0.392. The SMILES string of the molecule is CC(=O)NC1[C@H](O[C@@H]2C(O)[C@@H](O[C@H]3C(CO)O[C@@H](O[C@H]4C(O)C(O)[C@H](O)O[C@H]4CO)C(O)[C@H]3O)OC(CO)[C@@H]2O)OC(CO)[C@@H](O)[C@@H]1O[C@@H]1OC(CO)[C@H](O)[C@H](O[C@]2(C(=O)O)C[C@@H](O)[C@@H](NC(C)=O)C([C@H](O)[C@H](O)CO)O2)C1O. The molecule has 458 valence electrons. The van der Waals surface area contributed by atoms with Crippen LogP contribution in [-0.2, 0) is 66.5 Å². The molecule has 36 heteroatoms. The van der Waals surface area contributed by atoms with Crippen molar-refractivity contribution in [2.45, 2.75) is 210 Å². The van der Waals surface area contributed by atoms with Crippen molar-refractivity contribution < 1.29 is 169 Å². The number of aliphatic hydroxyl groups excluding tert-OH is 19. The number of carboxylic acid groups (broad SMARTS) is 1. The molecule has 0 aromatic heterocycles. The van der Waals surface area contributed by atoms with Gasteiger partial charge in [0.05, 0.1) is 51.8 Å². The number of nitrogens with one attached hydrogen (secondary N) is 2. The Morgan fingerprint density at radius 3 is 1.39 bits per heavy atom. The van der Waals surface area contributed by atoms with E-state index in [9.17, 15) is 117 Å². The van der Waals surface area contributed by atoms with Crippen LogP contribution in [0.25, 0.3) is 0 Å². The van der Waals surface area contributed by atoms with E-state index < -0.39 is 254 Å². The van der Waals surface area contributed by atoms with Crippen LogP contribution < -0.4 is 10.6 Å². The summed E-state index contributed by atoms with van der Waals surface area (Å²) in [5.74, 6) is -7.11. The number of carbonyl (C=O) groups excluding carboxylic acids is 2. The number of carbonyl (C=O) groups is 3. The Hall–Kier alpha value is -2.79. The van der Waals surface area contributed by atoms with Crippen molar-refractivity contribution in [1.82, 2.24) is 10.6 Å². The average Bonchev–Trinajstić information content (AvgIpc) is 3.57. The fourth-order valence-corrected chi connectivity index (χ4v) is 10.0. The van der Waals surface area contributed by atoms with E-state index in [1.165, 1.54) is 0 Å². The normalized spacial score (nSPS) is 47.7. The summed E-state index contributed by atoms with van der Waals surface area (Å²) in [5.41, 5.74) is 0. The summed E-state index contributed by atoms with van der Waals surface area (Å²) in [7, 11) is 0. The lowest BCUT2D eigenvalue weighted by Gasteiger charge is -2.51. The molecule has 2 amide bonds. The van der Waals surface area contributed by atoms with Crippen LogP contribution in [0.4, 0.5) is 0 Å². The van der Waals surface area contributed by atoms with Crippen LogP contribution in [-0.4, -0.2) is 349 Å². The molecule has 0 spiro atoms. The molecule has 0 aliphatic carbocycles. The Labute approximate surface area is 446 Å². The molecule has 36 nitrogen and oxygen atoms in total. The first-order valence-electron chi connectivity index (χ1n) is 24.8. The van der Waals surface area contributed by atoms with Crippen LogP contribution in [0.5, 0.6) is 0 Å². The van der Waals surface area contributed by atoms with E-state index in [0.29, 0.717) is 0 Å². The number of rotatable bonds is 21. The highest BCUT2D eigenvalue weighted by Crippen LogP contribution is 2.40. The third-order valence-corrected chi connectivity index (χ3v) is 14.2. The lowest BCUT2D eigenvalue weighted by atomic mass is 9.88. The highest BCUT2D eigenvalue weighted by atomic mass is 16.8. The first-order chi connectivity index (χ1) is 37.2. The van der Waals surface area contributed by atoms with Gasteiger partial charge in [0.1, 0.15) is 140 Å². The maximum Gasteiger partial charge on any atom is 0.364 e. The topological polar surface area (TPSA) is 581 Å². The van der Waals surface area contributed by atoms with Crippen LogP contribution in [0.15, 0.2) is 0 Å². The zero-order valence-corrected chi connectivity index (χ0v) is 41.9. The average molecular weight is 1160 g/mol. The summed E-state index contributed by atoms with van der Waals surface area (Å²) in [6, 6.07) is -3.60. The second-order valence-corrected chi connectivity index (χ2v) is 19.7. The molecule has 0 bridgehead atoms. The van der Waals surface area contributed by atoms with Crippen molar-refractivity contribution in [1.29, 1.82) is 0 Å². The number of hydrogen-bond acceptors (Lipinski definition) is 33. The summed E-state index contributed by atoms with van der Waals surface area (Å²) in [5, 5.41) is 219. The van der Waals surface area contributed by atoms with Gasteiger partial charge in [0.2, 0.25) is 11.8 Å². The summed E-state index contributed by atoms with van der Waals surface area (Å²) in [6.07, 6.45) is -58.6. The fourth-order valence-electron chi connectivity index (χ4n) is 10.0. The molecule has 6 heterocycles. The minimum absolute atomic E-state index is 0.836. The first kappa shape index (κ1) is 65.4. The lowest BCUT2D eigenvalue weighted by Crippen LogP contribution is -2.71. The number of aliphatic hydroxyl groups is 19. The van der Waals surface area contributed by atoms with Crippen molar-refractivity contribution in [2.24, 2.45) is 0 Å². The van der Waals surface area contributed by atoms with Crippen LogP contribution in [0.1, 0.15) is 20.3 Å². The van der Waals surface area contributed by atoms with Gasteiger partial charge in [-0.2, -0.15) is 0 Å². The molecule has 6 saturated heterocycles. The Morgan fingerprint density at radius 2 is 0.899 bits per heavy atom. The molecule has 0 aromatic carbocycles. The maximum atomic E-state index is 13.1. The first-order valence-corrected chi connectivity index (χ1v) is 24.8. The van der Waals surface area contributed by atoms with Gasteiger partial charge < -0.3 is 165 Å². The Kier molecular flexibility index (Phi) is 22.9. The summed E-state index contributed by atoms with van der Waals surface area (Å²) >= 11 is 0. The summed E-state index contributed by atoms with van der Waals surface area (Å²) in [4.78, 5) is 38.0. The molecule has 0 radical (unpaired) electrons. The number of ether oxygens (including phenoxy) is 11. The quantitative estimate of drug-likeness (QED) is 0.0507. The number of hydrogen-bond donors (Lipinski definition) is 22. The molecule has 0 saturated carbocycles. The fraction of sp³-hybridized carbons (Fsp3) is 0.930. The number of carboxylic acids is 1. The van der Waals surface area contributed by atoms with E-state index in [4.69, 9.17) is 52.1 Å². The Morgan fingerprint density at radius 1 is 0.494 bits per heavy atom. The number of amides is 2. The van der Waals surface area contributed by atoms with Gasteiger partial charge in [0.15, 0.2) is 31.5 Å². The third kappa shape index (κ3) is 13.9. The van der Waals surface area contributed by atoms with E-state index in [2.05, 4.69) is 10.6 Å². The van der Waals surface area contributed by atoms with Gasteiger partial charge in [-0.25, -0.2) is 4.79 Å². The van der Waals surface area contributed by atoms with Crippen molar-refractivity contribution in [3.05, 3.63) is 0 Å².